The zero-order valence-corrected chi connectivity index (χ0v) is 12.1. The van der Waals surface area contributed by atoms with Crippen molar-refractivity contribution in [1.82, 2.24) is 4.98 Å². The van der Waals surface area contributed by atoms with Gasteiger partial charge in [-0.3, -0.25) is 4.79 Å². The summed E-state index contributed by atoms with van der Waals surface area (Å²) < 4.78 is 37.9. The molecule has 1 rings (SSSR count). The van der Waals surface area contributed by atoms with Gasteiger partial charge < -0.3 is 5.73 Å². The predicted molar refractivity (Wildman–Crippen MR) is 68.2 cm³/mol. The Bertz CT molecular complexity index is 472. The van der Waals surface area contributed by atoms with E-state index in [1.165, 1.54) is 11.3 Å². The molecular formula is C12H17F3N2OS. The maximum absolute atomic E-state index is 12.6. The smallest absolute Gasteiger partial charge is 0.312 e. The van der Waals surface area contributed by atoms with Gasteiger partial charge in [0.05, 0.1) is 12.1 Å². The van der Waals surface area contributed by atoms with Crippen LogP contribution in [0.4, 0.5) is 13.2 Å². The highest BCUT2D eigenvalue weighted by Gasteiger charge is 2.53. The van der Waals surface area contributed by atoms with Gasteiger partial charge in [0, 0.05) is 10.8 Å². The van der Waals surface area contributed by atoms with E-state index in [9.17, 15) is 18.0 Å². The summed E-state index contributed by atoms with van der Waals surface area (Å²) in [5, 5.41) is 2.11. The van der Waals surface area contributed by atoms with Crippen molar-refractivity contribution in [2.24, 2.45) is 5.73 Å². The summed E-state index contributed by atoms with van der Waals surface area (Å²) in [7, 11) is 0. The third-order valence-electron chi connectivity index (χ3n) is 2.80. The first-order valence-corrected chi connectivity index (χ1v) is 6.57. The van der Waals surface area contributed by atoms with Crippen LogP contribution in [0.3, 0.4) is 0 Å². The van der Waals surface area contributed by atoms with E-state index in [1.807, 2.05) is 20.8 Å². The van der Waals surface area contributed by atoms with Gasteiger partial charge in [-0.2, -0.15) is 13.2 Å². The summed E-state index contributed by atoms with van der Waals surface area (Å²) in [6, 6.07) is 0. The third kappa shape index (κ3) is 3.54. The number of hydrogen-bond donors (Lipinski definition) is 1. The number of carbonyl (C=O) groups is 1. The molecule has 1 heterocycles. The van der Waals surface area contributed by atoms with Crippen LogP contribution in [0, 0.1) is 0 Å². The molecule has 3 nitrogen and oxygen atoms in total. The summed E-state index contributed by atoms with van der Waals surface area (Å²) in [5.41, 5.74) is 2.80. The van der Waals surface area contributed by atoms with Crippen LogP contribution in [-0.4, -0.2) is 22.5 Å². The van der Waals surface area contributed by atoms with Crippen LogP contribution in [-0.2, 0) is 16.6 Å². The fourth-order valence-corrected chi connectivity index (χ4v) is 2.24. The van der Waals surface area contributed by atoms with Gasteiger partial charge in [0.1, 0.15) is 5.01 Å². The van der Waals surface area contributed by atoms with Gasteiger partial charge in [-0.25, -0.2) is 4.98 Å². The van der Waals surface area contributed by atoms with Gasteiger partial charge in [-0.15, -0.1) is 11.3 Å². The number of hydrogen-bond acceptors (Lipinski definition) is 4. The summed E-state index contributed by atoms with van der Waals surface area (Å²) >= 11 is 1.18. The number of aromatic nitrogens is 1. The van der Waals surface area contributed by atoms with Crippen LogP contribution in [0.15, 0.2) is 5.38 Å². The van der Waals surface area contributed by atoms with Gasteiger partial charge in [0.2, 0.25) is 0 Å². The number of carbonyl (C=O) groups excluding carboxylic acids is 1. The van der Waals surface area contributed by atoms with Crippen molar-refractivity contribution >= 4 is 17.1 Å². The number of nitrogens with zero attached hydrogens (tertiary/aromatic N) is 1. The standard InChI is InChI=1S/C12H17F3N2OS/c1-10(2,3)7-6-19-9(17-7)5-8(18)11(4,16)12(13,14)15/h6H,5,16H2,1-4H3. The molecule has 108 valence electrons. The number of Topliss-reactive ketones (excluding diaryl/α,β-unsaturated/α-hetero) is 1. The van der Waals surface area contributed by atoms with Gasteiger partial charge in [-0.05, 0) is 6.92 Å². The van der Waals surface area contributed by atoms with Crippen LogP contribution < -0.4 is 5.73 Å². The van der Waals surface area contributed by atoms with E-state index in [1.54, 1.807) is 5.38 Å². The van der Waals surface area contributed by atoms with Crippen molar-refractivity contribution in [3.63, 3.8) is 0 Å². The zero-order chi connectivity index (χ0) is 15.1. The first-order chi connectivity index (χ1) is 8.35. The molecule has 19 heavy (non-hydrogen) atoms. The molecule has 1 unspecified atom stereocenters. The van der Waals surface area contributed by atoms with Crippen molar-refractivity contribution in [3.8, 4) is 0 Å². The Morgan fingerprint density at radius 2 is 1.84 bits per heavy atom. The molecule has 0 saturated heterocycles. The average Bonchev–Trinajstić information content (AvgIpc) is 2.63. The minimum Gasteiger partial charge on any atom is -0.312 e. The largest absolute Gasteiger partial charge is 0.413 e. The highest BCUT2D eigenvalue weighted by Crippen LogP contribution is 2.30. The van der Waals surface area contributed by atoms with Gasteiger partial charge in [0.15, 0.2) is 11.3 Å². The van der Waals surface area contributed by atoms with E-state index < -0.39 is 23.9 Å². The van der Waals surface area contributed by atoms with Crippen LogP contribution in [0.1, 0.15) is 38.4 Å². The molecular weight excluding hydrogens is 277 g/mol. The maximum Gasteiger partial charge on any atom is 0.413 e. The highest BCUT2D eigenvalue weighted by atomic mass is 32.1. The minimum atomic E-state index is -4.76. The van der Waals surface area contributed by atoms with E-state index in [4.69, 9.17) is 5.73 Å². The minimum absolute atomic E-state index is 0.201. The molecule has 1 atom stereocenters. The Labute approximate surface area is 114 Å². The lowest BCUT2D eigenvalue weighted by molar-refractivity contribution is -0.185. The molecule has 0 bridgehead atoms. The van der Waals surface area contributed by atoms with Crippen molar-refractivity contribution in [2.45, 2.75) is 51.2 Å². The van der Waals surface area contributed by atoms with E-state index in [0.717, 1.165) is 5.69 Å². The Balaban J connectivity index is 2.87. The predicted octanol–water partition coefficient (Wildman–Crippen LogP) is 2.83. The molecule has 0 aromatic carbocycles. The van der Waals surface area contributed by atoms with Crippen molar-refractivity contribution in [3.05, 3.63) is 16.1 Å². The molecule has 0 aliphatic rings. The van der Waals surface area contributed by atoms with E-state index in [-0.39, 0.29) is 5.41 Å². The van der Waals surface area contributed by atoms with E-state index in [2.05, 4.69) is 4.98 Å². The summed E-state index contributed by atoms with van der Waals surface area (Å²) in [6.45, 7) is 6.51. The molecule has 2 N–H and O–H groups in total. The molecule has 0 fully saturated rings. The first-order valence-electron chi connectivity index (χ1n) is 5.69. The summed E-state index contributed by atoms with van der Waals surface area (Å²) in [4.78, 5) is 15.9. The van der Waals surface area contributed by atoms with Crippen LogP contribution >= 0.6 is 11.3 Å². The molecule has 0 aliphatic heterocycles. The monoisotopic (exact) mass is 294 g/mol. The Morgan fingerprint density at radius 3 is 2.21 bits per heavy atom. The molecule has 0 amide bonds. The van der Waals surface area contributed by atoms with Crippen molar-refractivity contribution in [1.29, 1.82) is 0 Å². The first kappa shape index (κ1) is 16.1. The maximum atomic E-state index is 12.6. The Hall–Kier alpha value is -0.950. The molecule has 0 aliphatic carbocycles. The molecule has 7 heteroatoms. The second-order valence-electron chi connectivity index (χ2n) is 5.68. The lowest BCUT2D eigenvalue weighted by atomic mass is 9.93. The number of ketones is 1. The molecule has 0 saturated carbocycles. The topological polar surface area (TPSA) is 56.0 Å². The second-order valence-corrected chi connectivity index (χ2v) is 6.62. The second kappa shape index (κ2) is 4.86. The molecule has 0 radical (unpaired) electrons. The Kier molecular flexibility index (Phi) is 4.12. The number of alkyl halides is 3. The van der Waals surface area contributed by atoms with Crippen molar-refractivity contribution in [2.75, 3.05) is 0 Å². The van der Waals surface area contributed by atoms with Gasteiger partial charge in [-0.1, -0.05) is 20.8 Å². The molecule has 1 aromatic heterocycles. The van der Waals surface area contributed by atoms with E-state index >= 15 is 0 Å². The van der Waals surface area contributed by atoms with Gasteiger partial charge in [0.25, 0.3) is 0 Å². The fourth-order valence-electron chi connectivity index (χ4n) is 1.22. The van der Waals surface area contributed by atoms with Crippen LogP contribution in [0.2, 0.25) is 0 Å². The number of thiazole rings is 1. The third-order valence-corrected chi connectivity index (χ3v) is 3.65. The fraction of sp³-hybridized carbons (Fsp3) is 0.667. The lowest BCUT2D eigenvalue weighted by Crippen LogP contribution is -2.57. The normalized spacial score (nSPS) is 16.2. The zero-order valence-electron chi connectivity index (χ0n) is 11.3. The van der Waals surface area contributed by atoms with E-state index in [0.29, 0.717) is 11.9 Å². The molecule has 1 aromatic rings. The number of nitrogens with two attached hydrogens (primary N) is 1. The lowest BCUT2D eigenvalue weighted by Gasteiger charge is -2.25. The highest BCUT2D eigenvalue weighted by molar-refractivity contribution is 7.09. The van der Waals surface area contributed by atoms with Crippen LogP contribution in [0.5, 0.6) is 0 Å². The van der Waals surface area contributed by atoms with Crippen LogP contribution in [0.25, 0.3) is 0 Å². The summed E-state index contributed by atoms with van der Waals surface area (Å²) in [6.07, 6.45) is -5.15. The van der Waals surface area contributed by atoms with Gasteiger partial charge >= 0.3 is 6.18 Å². The number of rotatable bonds is 3. The molecule has 0 spiro atoms. The Morgan fingerprint density at radius 1 is 1.32 bits per heavy atom. The number of halogens is 3. The quantitative estimate of drug-likeness (QED) is 0.932. The average molecular weight is 294 g/mol. The summed E-state index contributed by atoms with van der Waals surface area (Å²) in [5.74, 6) is -1.07. The SMILES string of the molecule is CC(C)(C)c1csc(CC(=O)C(C)(N)C(F)(F)F)n1. The van der Waals surface area contributed by atoms with Crippen molar-refractivity contribution < 1.29 is 18.0 Å².